The van der Waals surface area contributed by atoms with Gasteiger partial charge in [0.15, 0.2) is 0 Å². The summed E-state index contributed by atoms with van der Waals surface area (Å²) in [7, 11) is 0. The van der Waals surface area contributed by atoms with Crippen LogP contribution >= 0.6 is 0 Å². The Morgan fingerprint density at radius 2 is 1.76 bits per heavy atom. The highest BCUT2D eigenvalue weighted by molar-refractivity contribution is 5.98. The van der Waals surface area contributed by atoms with E-state index in [1.165, 1.54) is 0 Å². The molecule has 4 aromatic rings. The van der Waals surface area contributed by atoms with Gasteiger partial charge < -0.3 is 15.8 Å². The van der Waals surface area contributed by atoms with Gasteiger partial charge in [-0.25, -0.2) is 4.79 Å². The zero-order chi connectivity index (χ0) is 24.1. The minimum absolute atomic E-state index is 0.165. The smallest absolute Gasteiger partial charge is 0.338 e. The number of pyridine rings is 1. The SMILES string of the molecule is Cc1ccc(C(=O)OCc2ccc([C@@H](CN)NC(=O)c3ccc4cnccc4c3)cc2)c(C)c1. The largest absolute Gasteiger partial charge is 0.457 e. The number of fused-ring (bicyclic) bond motifs is 1. The second-order valence-electron chi connectivity index (χ2n) is 8.34. The van der Waals surface area contributed by atoms with E-state index < -0.39 is 0 Å². The first-order valence-electron chi connectivity index (χ1n) is 11.1. The third-order valence-corrected chi connectivity index (χ3v) is 5.80. The van der Waals surface area contributed by atoms with Crippen LogP contribution in [0.1, 0.15) is 49.0 Å². The van der Waals surface area contributed by atoms with Gasteiger partial charge in [0.2, 0.25) is 0 Å². The number of aryl methyl sites for hydroxylation is 2. The molecule has 3 aromatic carbocycles. The van der Waals surface area contributed by atoms with Crippen molar-refractivity contribution < 1.29 is 14.3 Å². The highest BCUT2D eigenvalue weighted by atomic mass is 16.5. The summed E-state index contributed by atoms with van der Waals surface area (Å²) in [5, 5.41) is 4.93. The molecule has 34 heavy (non-hydrogen) atoms. The third kappa shape index (κ3) is 5.30. The fourth-order valence-electron chi connectivity index (χ4n) is 3.86. The lowest BCUT2D eigenvalue weighted by atomic mass is 10.0. The van der Waals surface area contributed by atoms with Gasteiger partial charge in [-0.15, -0.1) is 0 Å². The zero-order valence-corrected chi connectivity index (χ0v) is 19.2. The summed E-state index contributed by atoms with van der Waals surface area (Å²) in [6.45, 7) is 4.30. The number of amides is 1. The van der Waals surface area contributed by atoms with Crippen molar-refractivity contribution in [2.24, 2.45) is 5.73 Å². The molecule has 0 fully saturated rings. The summed E-state index contributed by atoms with van der Waals surface area (Å²) < 4.78 is 5.48. The van der Waals surface area contributed by atoms with E-state index in [1.807, 2.05) is 68.4 Å². The minimum atomic E-state index is -0.347. The van der Waals surface area contributed by atoms with Gasteiger partial charge in [-0.1, -0.05) is 48.0 Å². The van der Waals surface area contributed by atoms with Crippen LogP contribution < -0.4 is 11.1 Å². The van der Waals surface area contributed by atoms with Crippen molar-refractivity contribution in [1.82, 2.24) is 10.3 Å². The van der Waals surface area contributed by atoms with E-state index in [0.717, 1.165) is 33.0 Å². The summed E-state index contributed by atoms with van der Waals surface area (Å²) in [4.78, 5) is 29.3. The molecule has 1 amide bonds. The Balaban J connectivity index is 1.39. The first kappa shape index (κ1) is 23.1. The molecule has 0 radical (unpaired) electrons. The highest BCUT2D eigenvalue weighted by Gasteiger charge is 2.16. The molecule has 6 nitrogen and oxygen atoms in total. The van der Waals surface area contributed by atoms with Gasteiger partial charge in [0.25, 0.3) is 5.91 Å². The molecule has 0 unspecified atom stereocenters. The van der Waals surface area contributed by atoms with Crippen molar-refractivity contribution in [3.63, 3.8) is 0 Å². The van der Waals surface area contributed by atoms with Crippen molar-refractivity contribution in [3.05, 3.63) is 113 Å². The summed E-state index contributed by atoms with van der Waals surface area (Å²) in [6, 6.07) is 20.2. The molecule has 172 valence electrons. The molecule has 0 aliphatic carbocycles. The number of hydrogen-bond acceptors (Lipinski definition) is 5. The number of carbonyl (C=O) groups excluding carboxylic acids is 2. The zero-order valence-electron chi connectivity index (χ0n) is 19.2. The van der Waals surface area contributed by atoms with Crippen LogP contribution in [-0.4, -0.2) is 23.4 Å². The summed E-state index contributed by atoms with van der Waals surface area (Å²) in [5.74, 6) is -0.541. The number of benzene rings is 3. The number of carbonyl (C=O) groups is 2. The topological polar surface area (TPSA) is 94.3 Å². The normalized spacial score (nSPS) is 11.7. The van der Waals surface area contributed by atoms with Crippen molar-refractivity contribution in [2.75, 3.05) is 6.54 Å². The maximum absolute atomic E-state index is 12.8. The molecule has 0 saturated heterocycles. The maximum Gasteiger partial charge on any atom is 0.338 e. The molecule has 4 rings (SSSR count). The van der Waals surface area contributed by atoms with E-state index >= 15 is 0 Å². The van der Waals surface area contributed by atoms with Gasteiger partial charge in [0.05, 0.1) is 11.6 Å². The lowest BCUT2D eigenvalue weighted by Gasteiger charge is -2.18. The highest BCUT2D eigenvalue weighted by Crippen LogP contribution is 2.18. The number of rotatable bonds is 7. The number of nitrogens with two attached hydrogens (primary N) is 1. The molecule has 0 bridgehead atoms. The van der Waals surface area contributed by atoms with Crippen LogP contribution in [0.5, 0.6) is 0 Å². The van der Waals surface area contributed by atoms with Crippen LogP contribution in [0.3, 0.4) is 0 Å². The predicted molar refractivity (Wildman–Crippen MR) is 132 cm³/mol. The molecule has 3 N–H and O–H groups in total. The van der Waals surface area contributed by atoms with Crippen LogP contribution in [0.4, 0.5) is 0 Å². The molecule has 1 aromatic heterocycles. The van der Waals surface area contributed by atoms with Crippen molar-refractivity contribution >= 4 is 22.6 Å². The number of esters is 1. The second-order valence-corrected chi connectivity index (χ2v) is 8.34. The summed E-state index contributed by atoms with van der Waals surface area (Å²) >= 11 is 0. The number of nitrogens with zero attached hydrogens (tertiary/aromatic N) is 1. The van der Waals surface area contributed by atoms with E-state index in [4.69, 9.17) is 10.5 Å². The molecule has 1 heterocycles. The minimum Gasteiger partial charge on any atom is -0.457 e. The van der Waals surface area contributed by atoms with Gasteiger partial charge in [-0.3, -0.25) is 9.78 Å². The van der Waals surface area contributed by atoms with Gasteiger partial charge in [0.1, 0.15) is 6.61 Å². The number of aromatic nitrogens is 1. The number of ether oxygens (including phenoxy) is 1. The average Bonchev–Trinajstić information content (AvgIpc) is 2.85. The number of hydrogen-bond donors (Lipinski definition) is 2. The monoisotopic (exact) mass is 453 g/mol. The second kappa shape index (κ2) is 10.3. The molecule has 0 aliphatic rings. The molecular formula is C28H27N3O3. The first-order chi connectivity index (χ1) is 16.4. The van der Waals surface area contributed by atoms with Crippen LogP contribution in [-0.2, 0) is 11.3 Å². The Morgan fingerprint density at radius 3 is 2.50 bits per heavy atom. The van der Waals surface area contributed by atoms with Crippen LogP contribution in [0.2, 0.25) is 0 Å². The Morgan fingerprint density at radius 1 is 0.971 bits per heavy atom. The molecular weight excluding hydrogens is 426 g/mol. The van der Waals surface area contributed by atoms with Gasteiger partial charge >= 0.3 is 5.97 Å². The third-order valence-electron chi connectivity index (χ3n) is 5.80. The van der Waals surface area contributed by atoms with E-state index in [1.54, 1.807) is 24.5 Å². The van der Waals surface area contributed by atoms with Gasteiger partial charge in [0, 0.05) is 29.9 Å². The van der Waals surface area contributed by atoms with Crippen molar-refractivity contribution in [3.8, 4) is 0 Å². The van der Waals surface area contributed by atoms with E-state index in [-0.39, 0.29) is 31.1 Å². The quantitative estimate of drug-likeness (QED) is 0.398. The predicted octanol–water partition coefficient (Wildman–Crippen LogP) is 4.64. The summed E-state index contributed by atoms with van der Waals surface area (Å²) in [5.41, 5.74) is 10.8. The Labute approximate surface area is 198 Å². The molecule has 0 spiro atoms. The Kier molecular flexibility index (Phi) is 6.99. The molecule has 1 atom stereocenters. The lowest BCUT2D eigenvalue weighted by Crippen LogP contribution is -2.33. The fourth-order valence-corrected chi connectivity index (χ4v) is 3.86. The van der Waals surface area contributed by atoms with E-state index in [9.17, 15) is 9.59 Å². The number of nitrogens with one attached hydrogen (secondary N) is 1. The summed E-state index contributed by atoms with van der Waals surface area (Å²) in [6.07, 6.45) is 3.47. The van der Waals surface area contributed by atoms with Crippen molar-refractivity contribution in [2.45, 2.75) is 26.5 Å². The van der Waals surface area contributed by atoms with Crippen LogP contribution in [0.15, 0.2) is 79.1 Å². The van der Waals surface area contributed by atoms with Crippen LogP contribution in [0, 0.1) is 13.8 Å². The lowest BCUT2D eigenvalue weighted by molar-refractivity contribution is 0.0471. The molecule has 6 heteroatoms. The fraction of sp³-hybridized carbons (Fsp3) is 0.179. The average molecular weight is 454 g/mol. The van der Waals surface area contributed by atoms with Gasteiger partial charge in [-0.2, -0.15) is 0 Å². The molecule has 0 saturated carbocycles. The Hall–Kier alpha value is -4.03. The Bertz CT molecular complexity index is 1330. The van der Waals surface area contributed by atoms with Crippen LogP contribution in [0.25, 0.3) is 10.8 Å². The van der Waals surface area contributed by atoms with E-state index in [2.05, 4.69) is 10.3 Å². The van der Waals surface area contributed by atoms with Gasteiger partial charge in [-0.05, 0) is 60.2 Å². The maximum atomic E-state index is 12.8. The first-order valence-corrected chi connectivity index (χ1v) is 11.1. The standard InChI is InChI=1S/C28H27N3O3/c1-18-3-10-25(19(2)13-18)28(33)34-17-20-4-6-21(7-5-20)26(15-29)31-27(32)23-8-9-24-16-30-12-11-22(24)14-23/h3-14,16,26H,15,17,29H2,1-2H3,(H,31,32)/t26-/m1/s1. The van der Waals surface area contributed by atoms with Crippen molar-refractivity contribution in [1.29, 1.82) is 0 Å². The van der Waals surface area contributed by atoms with E-state index in [0.29, 0.717) is 11.1 Å². The molecule has 0 aliphatic heterocycles.